The van der Waals surface area contributed by atoms with Gasteiger partial charge in [0.2, 0.25) is 5.91 Å². The van der Waals surface area contributed by atoms with Crippen LogP contribution in [0.5, 0.6) is 0 Å². The lowest BCUT2D eigenvalue weighted by Crippen LogP contribution is -2.37. The quantitative estimate of drug-likeness (QED) is 0.0352. The first-order chi connectivity index (χ1) is 27.8. The van der Waals surface area contributed by atoms with E-state index in [0.717, 1.165) is 22.8 Å². The molecule has 5 N–H and O–H groups in total. The monoisotopic (exact) mass is 865 g/mol. The standard InChI is InChI=1S/C47H59N3O8.2ClH/c1-47(2,3)58-46(56)49-30-41(45(55)50-37-21-20-36-29-48-26-25-35(36)27-37)34-18-15-33(16-19-34)31-57-44(54)14-10-5-4-9-13-39-40(43(53)28-42(39)52)24-23-38(51)22-17-32-11-7-6-8-12-32;;/h4,6-9,11-12,15-16,18-21,25-27,29,38-43,51-53H,5,10,13-14,17,22-24,28,30-31H2,1-3H3,(H,49,56)(H,50,55);2*1H/b9-4+;;/t38-,39+,40+,41?,42-,43+;;/m0../s1. The highest BCUT2D eigenvalue weighted by Crippen LogP contribution is 2.38. The van der Waals surface area contributed by atoms with Gasteiger partial charge in [0.15, 0.2) is 0 Å². The number of alkyl carbamates (subject to hydrolysis) is 1. The Morgan fingerprint density at radius 3 is 2.35 bits per heavy atom. The summed E-state index contributed by atoms with van der Waals surface area (Å²) in [6.45, 7) is 5.39. The third-order valence-electron chi connectivity index (χ3n) is 10.6. The molecule has 60 heavy (non-hydrogen) atoms. The minimum absolute atomic E-state index is 0. The van der Waals surface area contributed by atoms with Gasteiger partial charge in [-0.25, -0.2) is 4.79 Å². The van der Waals surface area contributed by atoms with Crippen LogP contribution in [0, 0.1) is 11.8 Å². The van der Waals surface area contributed by atoms with Crippen molar-refractivity contribution < 1.29 is 39.2 Å². The number of ether oxygens (including phenoxy) is 2. The van der Waals surface area contributed by atoms with Crippen molar-refractivity contribution in [3.8, 4) is 0 Å². The van der Waals surface area contributed by atoms with Crippen molar-refractivity contribution in [3.05, 3.63) is 120 Å². The lowest BCUT2D eigenvalue weighted by Gasteiger charge is -2.23. The van der Waals surface area contributed by atoms with Crippen molar-refractivity contribution >= 4 is 59.2 Å². The van der Waals surface area contributed by atoms with Gasteiger partial charge in [-0.2, -0.15) is 0 Å². The van der Waals surface area contributed by atoms with Gasteiger partial charge in [0, 0.05) is 36.4 Å². The molecule has 1 unspecified atom stereocenters. The van der Waals surface area contributed by atoms with E-state index in [-0.39, 0.29) is 68.1 Å². The number of aromatic nitrogens is 1. The Kier molecular flexibility index (Phi) is 20.5. The first-order valence-electron chi connectivity index (χ1n) is 20.4. The van der Waals surface area contributed by atoms with Crippen LogP contribution in [0.15, 0.2) is 103 Å². The van der Waals surface area contributed by atoms with E-state index in [2.05, 4.69) is 27.8 Å². The van der Waals surface area contributed by atoms with Crippen LogP contribution in [0.4, 0.5) is 10.5 Å². The highest BCUT2D eigenvalue weighted by atomic mass is 35.5. The number of benzene rings is 3. The van der Waals surface area contributed by atoms with E-state index in [1.54, 1.807) is 63.5 Å². The Hall–Kier alpha value is -4.52. The van der Waals surface area contributed by atoms with Crippen LogP contribution in [0.25, 0.3) is 10.8 Å². The molecule has 326 valence electrons. The van der Waals surface area contributed by atoms with Crippen molar-refractivity contribution in [2.75, 3.05) is 11.9 Å². The zero-order valence-electron chi connectivity index (χ0n) is 34.7. The molecular formula is C47H61Cl2N3O8. The fourth-order valence-corrected chi connectivity index (χ4v) is 7.48. The average Bonchev–Trinajstić information content (AvgIpc) is 3.47. The molecule has 13 heteroatoms. The fraction of sp³-hybridized carbons (Fsp3) is 0.447. The highest BCUT2D eigenvalue weighted by molar-refractivity contribution is 5.98. The third-order valence-corrected chi connectivity index (χ3v) is 10.6. The first-order valence-corrected chi connectivity index (χ1v) is 20.4. The Balaban J connectivity index is 0.00000480. The van der Waals surface area contributed by atoms with Crippen LogP contribution in [0.2, 0.25) is 0 Å². The van der Waals surface area contributed by atoms with E-state index in [9.17, 15) is 29.7 Å². The first kappa shape index (κ1) is 49.8. The molecule has 1 aliphatic rings. The summed E-state index contributed by atoms with van der Waals surface area (Å²) >= 11 is 0. The van der Waals surface area contributed by atoms with E-state index in [1.807, 2.05) is 48.6 Å². The van der Waals surface area contributed by atoms with Crippen LogP contribution < -0.4 is 10.6 Å². The number of allylic oxidation sites excluding steroid dienone is 2. The maximum Gasteiger partial charge on any atom is 0.407 e. The van der Waals surface area contributed by atoms with Gasteiger partial charge in [0.25, 0.3) is 0 Å². The molecular weight excluding hydrogens is 805 g/mol. The molecule has 1 aromatic heterocycles. The molecule has 1 saturated carbocycles. The molecule has 3 aromatic carbocycles. The molecule has 1 aliphatic carbocycles. The number of carbonyl (C=O) groups is 3. The zero-order valence-corrected chi connectivity index (χ0v) is 36.3. The van der Waals surface area contributed by atoms with E-state index in [1.165, 1.54) is 5.56 Å². The molecule has 6 atom stereocenters. The summed E-state index contributed by atoms with van der Waals surface area (Å²) in [7, 11) is 0. The number of fused-ring (bicyclic) bond motifs is 1. The van der Waals surface area contributed by atoms with Gasteiger partial charge in [0.05, 0.1) is 24.2 Å². The molecule has 1 heterocycles. The molecule has 0 saturated heterocycles. The molecule has 11 nitrogen and oxygen atoms in total. The summed E-state index contributed by atoms with van der Waals surface area (Å²) in [6, 6.07) is 24.7. The van der Waals surface area contributed by atoms with Crippen molar-refractivity contribution in [1.29, 1.82) is 0 Å². The molecule has 1 fully saturated rings. The number of carbonyl (C=O) groups excluding carboxylic acids is 3. The maximum atomic E-state index is 13.6. The van der Waals surface area contributed by atoms with Gasteiger partial charge < -0.3 is 35.4 Å². The van der Waals surface area contributed by atoms with Crippen LogP contribution >= 0.6 is 24.8 Å². The predicted octanol–water partition coefficient (Wildman–Crippen LogP) is 8.62. The van der Waals surface area contributed by atoms with Crippen LogP contribution in [-0.4, -0.2) is 68.7 Å². The van der Waals surface area contributed by atoms with E-state index in [4.69, 9.17) is 9.47 Å². The van der Waals surface area contributed by atoms with Crippen molar-refractivity contribution in [3.63, 3.8) is 0 Å². The number of aryl methyl sites for hydroxylation is 1. The number of hydrogen-bond acceptors (Lipinski definition) is 9. The van der Waals surface area contributed by atoms with E-state index in [0.29, 0.717) is 56.2 Å². The lowest BCUT2D eigenvalue weighted by atomic mass is 9.85. The summed E-state index contributed by atoms with van der Waals surface area (Å²) < 4.78 is 10.9. The third kappa shape index (κ3) is 16.2. The highest BCUT2D eigenvalue weighted by Gasteiger charge is 2.40. The molecule has 4 aromatic rings. The van der Waals surface area contributed by atoms with E-state index >= 15 is 0 Å². The molecule has 0 radical (unpaired) electrons. The number of aliphatic hydroxyl groups excluding tert-OH is 3. The summed E-state index contributed by atoms with van der Waals surface area (Å²) in [6.07, 6.45) is 10.5. The number of nitrogens with one attached hydrogen (secondary N) is 2. The van der Waals surface area contributed by atoms with Gasteiger partial charge in [-0.15, -0.1) is 24.8 Å². The van der Waals surface area contributed by atoms with E-state index < -0.39 is 35.9 Å². The number of anilines is 1. The second-order valence-electron chi connectivity index (χ2n) is 16.3. The zero-order chi connectivity index (χ0) is 41.5. The SMILES string of the molecule is CC(C)(C)OC(=O)NCC(C(=O)Nc1ccc2cnccc2c1)c1ccc(COC(=O)CCC/C=C/C[C@@H]2[C@@H](CC[C@@H](O)CCc3ccccc3)[C@H](O)C[C@@H]2O)cc1.Cl.Cl. The van der Waals surface area contributed by atoms with Crippen LogP contribution in [-0.2, 0) is 32.1 Å². The number of aliphatic hydroxyl groups is 3. The minimum Gasteiger partial charge on any atom is -0.461 e. The molecule has 5 rings (SSSR count). The summed E-state index contributed by atoms with van der Waals surface area (Å²) in [5, 5.41) is 39.4. The van der Waals surface area contributed by atoms with Gasteiger partial charge in [-0.05, 0) is 124 Å². The predicted molar refractivity (Wildman–Crippen MR) is 239 cm³/mol. The molecule has 0 bridgehead atoms. The number of rotatable bonds is 19. The Bertz CT molecular complexity index is 1960. The Morgan fingerprint density at radius 1 is 0.883 bits per heavy atom. The fourth-order valence-electron chi connectivity index (χ4n) is 7.48. The minimum atomic E-state index is -0.735. The van der Waals surface area contributed by atoms with Crippen molar-refractivity contribution in [2.45, 2.75) is 115 Å². The second-order valence-corrected chi connectivity index (χ2v) is 16.3. The van der Waals surface area contributed by atoms with Crippen LogP contribution in [0.3, 0.4) is 0 Å². The Morgan fingerprint density at radius 2 is 1.62 bits per heavy atom. The number of unbranched alkanes of at least 4 members (excludes halogenated alkanes) is 1. The van der Waals surface area contributed by atoms with Crippen molar-refractivity contribution in [2.24, 2.45) is 11.8 Å². The molecule has 2 amide bonds. The lowest BCUT2D eigenvalue weighted by molar-refractivity contribution is -0.145. The number of hydrogen-bond donors (Lipinski definition) is 5. The summed E-state index contributed by atoms with van der Waals surface area (Å²) in [5.74, 6) is -1.50. The number of esters is 1. The van der Waals surface area contributed by atoms with Gasteiger partial charge in [-0.1, -0.05) is 72.8 Å². The summed E-state index contributed by atoms with van der Waals surface area (Å²) in [5.41, 5.74) is 2.54. The van der Waals surface area contributed by atoms with Gasteiger partial charge in [0.1, 0.15) is 12.2 Å². The second kappa shape index (κ2) is 24.7. The number of halogens is 2. The molecule has 0 spiro atoms. The largest absolute Gasteiger partial charge is 0.461 e. The average molecular weight is 867 g/mol. The molecule has 0 aliphatic heterocycles. The smallest absolute Gasteiger partial charge is 0.407 e. The topological polar surface area (TPSA) is 167 Å². The number of amides is 2. The van der Waals surface area contributed by atoms with Crippen LogP contribution in [0.1, 0.15) is 94.7 Å². The van der Waals surface area contributed by atoms with Gasteiger partial charge >= 0.3 is 12.1 Å². The number of nitrogens with zero attached hydrogens (tertiary/aromatic N) is 1. The normalized spacial score (nSPS) is 18.5. The Labute approximate surface area is 366 Å². The summed E-state index contributed by atoms with van der Waals surface area (Å²) in [4.78, 5) is 42.8. The number of pyridine rings is 1. The van der Waals surface area contributed by atoms with Gasteiger partial charge in [-0.3, -0.25) is 14.6 Å². The van der Waals surface area contributed by atoms with Crippen molar-refractivity contribution in [1.82, 2.24) is 10.3 Å². The maximum absolute atomic E-state index is 13.6.